The van der Waals surface area contributed by atoms with Gasteiger partial charge in [-0.25, -0.2) is 19.2 Å². The van der Waals surface area contributed by atoms with E-state index in [2.05, 4.69) is 20.2 Å². The van der Waals surface area contributed by atoms with Crippen LogP contribution in [0.2, 0.25) is 0 Å². The molecule has 2 aliphatic heterocycles. The zero-order chi connectivity index (χ0) is 21.1. The smallest absolute Gasteiger partial charge is 0.414 e. The molecule has 160 valence electrons. The minimum atomic E-state index is -0.691. The van der Waals surface area contributed by atoms with Gasteiger partial charge in [0.25, 0.3) is 0 Å². The number of cyclic esters (lactones) is 1. The molecule has 10 heteroatoms. The molecule has 0 bridgehead atoms. The van der Waals surface area contributed by atoms with E-state index in [0.717, 1.165) is 0 Å². The van der Waals surface area contributed by atoms with Crippen molar-refractivity contribution in [2.45, 2.75) is 19.3 Å². The molecule has 2 aliphatic rings. The molecule has 4 rings (SSSR count). The average Bonchev–Trinajstić information content (AvgIpc) is 3.13. The van der Waals surface area contributed by atoms with Crippen molar-refractivity contribution < 1.29 is 19.0 Å². The molecule has 1 aromatic carbocycles. The number of hydrogen-bond donors (Lipinski definition) is 2. The molecule has 0 spiro atoms. The third-order valence-corrected chi connectivity index (χ3v) is 5.21. The largest absolute Gasteiger partial charge is 0.443 e. The number of aromatic nitrogens is 2. The Labute approximate surface area is 174 Å². The summed E-state index contributed by atoms with van der Waals surface area (Å²) in [6.45, 7) is 4.91. The molecule has 0 saturated carbocycles. The lowest BCUT2D eigenvalue weighted by atomic mass is 10.2. The summed E-state index contributed by atoms with van der Waals surface area (Å²) in [6, 6.07) is 6.58. The molecule has 2 N–H and O–H groups in total. The fraction of sp³-hybridized carbons (Fsp3) is 0.450. The molecule has 0 aliphatic carbocycles. The predicted octanol–water partition coefficient (Wildman–Crippen LogP) is 1.20. The standard InChI is InChI=1S/C20H25FN6O3/c1-14(28)24-12-16-13-27(20(29)30-16)15-3-4-18(17(21)11-15)25-7-9-26(10-8-25)19-22-5-2-6-23-19/h2-6,11,14,16,24,28H,7-10,12-13H2,1H3. The maximum atomic E-state index is 14.9. The molecular formula is C20H25FN6O3. The molecule has 3 heterocycles. The normalized spacial score (nSPS) is 20.4. The van der Waals surface area contributed by atoms with Crippen LogP contribution < -0.4 is 20.0 Å². The van der Waals surface area contributed by atoms with Crippen molar-refractivity contribution in [3.05, 3.63) is 42.5 Å². The van der Waals surface area contributed by atoms with Crippen LogP contribution >= 0.6 is 0 Å². The number of piperazine rings is 1. The van der Waals surface area contributed by atoms with Gasteiger partial charge in [0.05, 0.1) is 17.9 Å². The van der Waals surface area contributed by atoms with E-state index in [9.17, 15) is 14.3 Å². The van der Waals surface area contributed by atoms with E-state index in [1.807, 2.05) is 4.90 Å². The number of nitrogens with zero attached hydrogens (tertiary/aromatic N) is 5. The number of ether oxygens (including phenoxy) is 1. The van der Waals surface area contributed by atoms with E-state index in [0.29, 0.717) is 56.6 Å². The second-order valence-electron chi connectivity index (χ2n) is 7.36. The third-order valence-electron chi connectivity index (χ3n) is 5.21. The van der Waals surface area contributed by atoms with Gasteiger partial charge in [0.15, 0.2) is 0 Å². The minimum absolute atomic E-state index is 0.299. The predicted molar refractivity (Wildman–Crippen MR) is 110 cm³/mol. The zero-order valence-corrected chi connectivity index (χ0v) is 16.7. The molecule has 0 radical (unpaired) electrons. The Bertz CT molecular complexity index is 876. The summed E-state index contributed by atoms with van der Waals surface area (Å²) in [5.74, 6) is 0.301. The lowest BCUT2D eigenvalue weighted by molar-refractivity contribution is 0.110. The number of anilines is 3. The first-order valence-electron chi connectivity index (χ1n) is 9.97. The number of halogens is 1. The van der Waals surface area contributed by atoms with Gasteiger partial charge >= 0.3 is 6.09 Å². The maximum absolute atomic E-state index is 14.9. The summed E-state index contributed by atoms with van der Waals surface area (Å²) in [4.78, 5) is 26.2. The Morgan fingerprint density at radius 3 is 2.60 bits per heavy atom. The first-order valence-corrected chi connectivity index (χ1v) is 9.97. The quantitative estimate of drug-likeness (QED) is 0.679. The van der Waals surface area contributed by atoms with Crippen LogP contribution in [0.3, 0.4) is 0 Å². The highest BCUT2D eigenvalue weighted by Gasteiger charge is 2.33. The Hall–Kier alpha value is -2.98. The molecule has 1 aromatic heterocycles. The summed E-state index contributed by atoms with van der Waals surface area (Å²) >= 11 is 0. The van der Waals surface area contributed by atoms with Gasteiger partial charge in [-0.3, -0.25) is 10.2 Å². The Kier molecular flexibility index (Phi) is 5.96. The summed E-state index contributed by atoms with van der Waals surface area (Å²) < 4.78 is 20.2. The van der Waals surface area contributed by atoms with Gasteiger partial charge in [-0.1, -0.05) is 0 Å². The van der Waals surface area contributed by atoms with E-state index in [1.54, 1.807) is 37.5 Å². The van der Waals surface area contributed by atoms with Crippen LogP contribution in [0.5, 0.6) is 0 Å². The van der Waals surface area contributed by atoms with Crippen LogP contribution in [0.4, 0.5) is 26.5 Å². The number of benzene rings is 1. The van der Waals surface area contributed by atoms with E-state index in [-0.39, 0.29) is 5.82 Å². The van der Waals surface area contributed by atoms with Gasteiger partial charge in [-0.2, -0.15) is 0 Å². The fourth-order valence-electron chi connectivity index (χ4n) is 3.66. The van der Waals surface area contributed by atoms with E-state index >= 15 is 0 Å². The second kappa shape index (κ2) is 8.80. The van der Waals surface area contributed by atoms with Crippen LogP contribution in [0.1, 0.15) is 6.92 Å². The molecule has 2 saturated heterocycles. The minimum Gasteiger partial charge on any atom is -0.443 e. The van der Waals surface area contributed by atoms with Crippen LogP contribution in [0, 0.1) is 5.82 Å². The van der Waals surface area contributed by atoms with Gasteiger partial charge in [0.1, 0.15) is 18.1 Å². The first-order chi connectivity index (χ1) is 14.5. The van der Waals surface area contributed by atoms with Gasteiger partial charge in [0, 0.05) is 45.1 Å². The summed E-state index contributed by atoms with van der Waals surface area (Å²) in [5, 5.41) is 12.1. The number of nitrogens with one attached hydrogen (secondary N) is 1. The summed E-state index contributed by atoms with van der Waals surface area (Å²) in [7, 11) is 0. The number of carbonyl (C=O) groups is 1. The highest BCUT2D eigenvalue weighted by molar-refractivity contribution is 5.90. The van der Waals surface area contributed by atoms with Gasteiger partial charge in [-0.15, -0.1) is 0 Å². The molecule has 30 heavy (non-hydrogen) atoms. The molecule has 2 fully saturated rings. The number of carbonyl (C=O) groups excluding carboxylic acids is 1. The van der Waals surface area contributed by atoms with Gasteiger partial charge in [-0.05, 0) is 31.2 Å². The number of amides is 1. The number of aliphatic hydroxyl groups is 1. The van der Waals surface area contributed by atoms with Crippen molar-refractivity contribution >= 4 is 23.4 Å². The van der Waals surface area contributed by atoms with Gasteiger partial charge in [0.2, 0.25) is 5.95 Å². The van der Waals surface area contributed by atoms with Crippen molar-refractivity contribution in [1.29, 1.82) is 0 Å². The molecule has 2 aromatic rings. The van der Waals surface area contributed by atoms with Crippen LogP contribution in [-0.2, 0) is 4.74 Å². The third kappa shape index (κ3) is 4.44. The lowest BCUT2D eigenvalue weighted by Gasteiger charge is -2.36. The molecular weight excluding hydrogens is 391 g/mol. The highest BCUT2D eigenvalue weighted by Crippen LogP contribution is 2.28. The molecule has 1 amide bonds. The monoisotopic (exact) mass is 416 g/mol. The maximum Gasteiger partial charge on any atom is 0.414 e. The number of hydrogen-bond acceptors (Lipinski definition) is 8. The zero-order valence-electron chi connectivity index (χ0n) is 16.7. The fourth-order valence-corrected chi connectivity index (χ4v) is 3.66. The van der Waals surface area contributed by atoms with E-state index in [4.69, 9.17) is 4.74 Å². The number of rotatable bonds is 6. The Morgan fingerprint density at radius 2 is 1.93 bits per heavy atom. The van der Waals surface area contributed by atoms with Crippen molar-refractivity contribution in [2.75, 3.05) is 54.0 Å². The van der Waals surface area contributed by atoms with Crippen molar-refractivity contribution in [1.82, 2.24) is 15.3 Å². The molecule has 2 atom stereocenters. The first kappa shape index (κ1) is 20.3. The lowest BCUT2D eigenvalue weighted by Crippen LogP contribution is -2.47. The Morgan fingerprint density at radius 1 is 1.23 bits per heavy atom. The van der Waals surface area contributed by atoms with E-state index in [1.165, 1.54) is 11.0 Å². The molecule has 2 unspecified atom stereocenters. The van der Waals surface area contributed by atoms with E-state index < -0.39 is 18.4 Å². The molecule has 9 nitrogen and oxygen atoms in total. The topological polar surface area (TPSA) is 94.1 Å². The summed E-state index contributed by atoms with van der Waals surface area (Å²) in [6.07, 6.45) is 1.81. The van der Waals surface area contributed by atoms with Crippen molar-refractivity contribution in [2.24, 2.45) is 0 Å². The summed E-state index contributed by atoms with van der Waals surface area (Å²) in [5.41, 5.74) is 0.962. The Balaban J connectivity index is 1.39. The highest BCUT2D eigenvalue weighted by atomic mass is 19.1. The number of aliphatic hydroxyl groups excluding tert-OH is 1. The van der Waals surface area contributed by atoms with Crippen LogP contribution in [-0.4, -0.2) is 72.8 Å². The SMILES string of the molecule is CC(O)NCC1CN(c2ccc(N3CCN(c4ncccn4)CC3)c(F)c2)C(=O)O1. The second-order valence-corrected chi connectivity index (χ2v) is 7.36. The van der Waals surface area contributed by atoms with Gasteiger partial charge < -0.3 is 19.6 Å². The van der Waals surface area contributed by atoms with Crippen molar-refractivity contribution in [3.63, 3.8) is 0 Å². The van der Waals surface area contributed by atoms with Crippen LogP contribution in [0.15, 0.2) is 36.7 Å². The van der Waals surface area contributed by atoms with Crippen molar-refractivity contribution in [3.8, 4) is 0 Å². The average molecular weight is 416 g/mol. The van der Waals surface area contributed by atoms with Crippen LogP contribution in [0.25, 0.3) is 0 Å².